The summed E-state index contributed by atoms with van der Waals surface area (Å²) in [6.07, 6.45) is 10.2. The minimum Gasteiger partial charge on any atom is -0.493 e. The van der Waals surface area contributed by atoms with Crippen molar-refractivity contribution >= 4 is 0 Å². The summed E-state index contributed by atoms with van der Waals surface area (Å²) < 4.78 is 11.6. The topological polar surface area (TPSA) is 18.5 Å². The fourth-order valence-electron chi connectivity index (χ4n) is 3.02. The highest BCUT2D eigenvalue weighted by atomic mass is 16.5. The van der Waals surface area contributed by atoms with Gasteiger partial charge in [0.05, 0.1) is 6.61 Å². The van der Waals surface area contributed by atoms with Crippen molar-refractivity contribution in [3.63, 3.8) is 0 Å². The van der Waals surface area contributed by atoms with Crippen LogP contribution in [0.15, 0.2) is 41.5 Å². The molecule has 1 atom stereocenters. The largest absolute Gasteiger partial charge is 0.493 e. The molecule has 0 bridgehead atoms. The Morgan fingerprint density at radius 3 is 2.83 bits per heavy atom. The van der Waals surface area contributed by atoms with Gasteiger partial charge in [0.15, 0.2) is 0 Å². The van der Waals surface area contributed by atoms with Crippen LogP contribution >= 0.6 is 0 Å². The number of rotatable bonds is 8. The first-order valence-corrected chi connectivity index (χ1v) is 9.37. The van der Waals surface area contributed by atoms with E-state index in [0.717, 1.165) is 50.2 Å². The molecule has 0 fully saturated rings. The summed E-state index contributed by atoms with van der Waals surface area (Å²) in [5.41, 5.74) is 4.25. The lowest BCUT2D eigenvalue weighted by molar-refractivity contribution is 0.284. The van der Waals surface area contributed by atoms with E-state index in [-0.39, 0.29) is 0 Å². The van der Waals surface area contributed by atoms with Crippen LogP contribution < -0.4 is 9.47 Å². The van der Waals surface area contributed by atoms with Gasteiger partial charge in [-0.3, -0.25) is 0 Å². The van der Waals surface area contributed by atoms with Gasteiger partial charge in [0.1, 0.15) is 18.1 Å². The summed E-state index contributed by atoms with van der Waals surface area (Å²) in [6.45, 7) is 10.4. The fraction of sp³-hybridized carbons (Fsp3) is 0.545. The SMILES string of the molecule is CCC(C)=CCC(C)C(=CCOc1ccc2c(c1)OCCC2)CC. The lowest BCUT2D eigenvalue weighted by Crippen LogP contribution is -2.08. The van der Waals surface area contributed by atoms with Gasteiger partial charge in [0.25, 0.3) is 0 Å². The van der Waals surface area contributed by atoms with E-state index in [2.05, 4.69) is 52.0 Å². The predicted octanol–water partition coefficient (Wildman–Crippen LogP) is 6.11. The van der Waals surface area contributed by atoms with Gasteiger partial charge in [0, 0.05) is 6.07 Å². The third-order valence-corrected chi connectivity index (χ3v) is 4.90. The molecule has 1 aliphatic heterocycles. The van der Waals surface area contributed by atoms with Crippen molar-refractivity contribution < 1.29 is 9.47 Å². The van der Waals surface area contributed by atoms with E-state index in [1.54, 1.807) is 0 Å². The molecule has 132 valence electrons. The summed E-state index contributed by atoms with van der Waals surface area (Å²) in [5, 5.41) is 0. The quantitative estimate of drug-likeness (QED) is 0.536. The molecule has 0 aromatic heterocycles. The van der Waals surface area contributed by atoms with Gasteiger partial charge >= 0.3 is 0 Å². The van der Waals surface area contributed by atoms with Gasteiger partial charge in [-0.25, -0.2) is 0 Å². The standard InChI is InChI=1S/C22H32O2/c1-5-17(3)9-10-18(4)19(6-2)13-15-23-21-12-11-20-8-7-14-24-22(20)16-21/h9,11-13,16,18H,5-8,10,14-15H2,1-4H3. The number of fused-ring (bicyclic) bond motifs is 1. The maximum Gasteiger partial charge on any atom is 0.126 e. The molecule has 1 aliphatic rings. The molecule has 2 heteroatoms. The van der Waals surface area contributed by atoms with E-state index < -0.39 is 0 Å². The zero-order valence-electron chi connectivity index (χ0n) is 15.7. The van der Waals surface area contributed by atoms with Crippen LogP contribution in [0.25, 0.3) is 0 Å². The highest BCUT2D eigenvalue weighted by Gasteiger charge is 2.11. The van der Waals surface area contributed by atoms with Gasteiger partial charge in [-0.1, -0.05) is 44.1 Å². The van der Waals surface area contributed by atoms with Crippen molar-refractivity contribution in [1.29, 1.82) is 0 Å². The van der Waals surface area contributed by atoms with Gasteiger partial charge in [-0.2, -0.15) is 0 Å². The Kier molecular flexibility index (Phi) is 7.42. The molecule has 0 radical (unpaired) electrons. The highest BCUT2D eigenvalue weighted by molar-refractivity contribution is 5.41. The first-order valence-electron chi connectivity index (χ1n) is 9.37. The van der Waals surface area contributed by atoms with Crippen molar-refractivity contribution in [2.75, 3.05) is 13.2 Å². The zero-order chi connectivity index (χ0) is 17.4. The van der Waals surface area contributed by atoms with Gasteiger partial charge in [-0.05, 0) is 62.7 Å². The molecule has 1 aromatic rings. The van der Waals surface area contributed by atoms with E-state index in [1.165, 1.54) is 16.7 Å². The summed E-state index contributed by atoms with van der Waals surface area (Å²) >= 11 is 0. The van der Waals surface area contributed by atoms with Crippen LogP contribution in [0.2, 0.25) is 0 Å². The molecular weight excluding hydrogens is 296 g/mol. The molecular formula is C22H32O2. The minimum atomic E-state index is 0.576. The number of benzene rings is 1. The van der Waals surface area contributed by atoms with Crippen molar-refractivity contribution in [2.24, 2.45) is 5.92 Å². The molecule has 0 saturated carbocycles. The second kappa shape index (κ2) is 9.56. The third-order valence-electron chi connectivity index (χ3n) is 4.90. The van der Waals surface area contributed by atoms with Crippen molar-refractivity contribution in [3.05, 3.63) is 47.1 Å². The Morgan fingerprint density at radius 2 is 2.08 bits per heavy atom. The molecule has 1 aromatic carbocycles. The summed E-state index contributed by atoms with van der Waals surface area (Å²) in [5.74, 6) is 2.47. The second-order valence-corrected chi connectivity index (χ2v) is 6.71. The van der Waals surface area contributed by atoms with Crippen LogP contribution in [-0.4, -0.2) is 13.2 Å². The van der Waals surface area contributed by atoms with Crippen LogP contribution in [0.3, 0.4) is 0 Å². The Morgan fingerprint density at radius 1 is 1.25 bits per heavy atom. The van der Waals surface area contributed by atoms with E-state index in [4.69, 9.17) is 9.47 Å². The van der Waals surface area contributed by atoms with Crippen molar-refractivity contribution in [3.8, 4) is 11.5 Å². The van der Waals surface area contributed by atoms with Crippen LogP contribution in [0.4, 0.5) is 0 Å². The fourth-order valence-corrected chi connectivity index (χ4v) is 3.02. The molecule has 0 saturated heterocycles. The van der Waals surface area contributed by atoms with Crippen molar-refractivity contribution in [1.82, 2.24) is 0 Å². The van der Waals surface area contributed by atoms with Crippen LogP contribution in [-0.2, 0) is 6.42 Å². The lowest BCUT2D eigenvalue weighted by Gasteiger charge is -2.18. The van der Waals surface area contributed by atoms with E-state index in [0.29, 0.717) is 12.5 Å². The first-order chi connectivity index (χ1) is 11.6. The second-order valence-electron chi connectivity index (χ2n) is 6.71. The molecule has 2 rings (SSSR count). The molecule has 2 nitrogen and oxygen atoms in total. The number of ether oxygens (including phenoxy) is 2. The Balaban J connectivity index is 1.91. The zero-order valence-corrected chi connectivity index (χ0v) is 15.7. The average Bonchev–Trinajstić information content (AvgIpc) is 2.62. The Labute approximate surface area is 147 Å². The molecule has 0 N–H and O–H groups in total. The predicted molar refractivity (Wildman–Crippen MR) is 102 cm³/mol. The molecule has 0 amide bonds. The average molecular weight is 328 g/mol. The third kappa shape index (κ3) is 5.43. The lowest BCUT2D eigenvalue weighted by atomic mass is 9.94. The maximum absolute atomic E-state index is 5.93. The molecule has 24 heavy (non-hydrogen) atoms. The number of aryl methyl sites for hydroxylation is 1. The number of hydrogen-bond acceptors (Lipinski definition) is 2. The normalized spacial score (nSPS) is 16.3. The molecule has 1 unspecified atom stereocenters. The first kappa shape index (κ1) is 18.6. The summed E-state index contributed by atoms with van der Waals surface area (Å²) in [6, 6.07) is 6.23. The van der Waals surface area contributed by atoms with Crippen LogP contribution in [0, 0.1) is 5.92 Å². The van der Waals surface area contributed by atoms with Gasteiger partial charge in [-0.15, -0.1) is 0 Å². The van der Waals surface area contributed by atoms with Crippen molar-refractivity contribution in [2.45, 2.75) is 59.8 Å². The van der Waals surface area contributed by atoms with Gasteiger partial charge in [0.2, 0.25) is 0 Å². The molecule has 0 spiro atoms. The molecule has 0 aliphatic carbocycles. The van der Waals surface area contributed by atoms with Gasteiger partial charge < -0.3 is 9.47 Å². The highest BCUT2D eigenvalue weighted by Crippen LogP contribution is 2.29. The minimum absolute atomic E-state index is 0.576. The Hall–Kier alpha value is -1.70. The number of allylic oxidation sites excluding steroid dienone is 3. The van der Waals surface area contributed by atoms with E-state index >= 15 is 0 Å². The van der Waals surface area contributed by atoms with Crippen LogP contribution in [0.5, 0.6) is 11.5 Å². The Bertz CT molecular complexity index is 584. The maximum atomic E-state index is 5.93. The smallest absolute Gasteiger partial charge is 0.126 e. The monoisotopic (exact) mass is 328 g/mol. The van der Waals surface area contributed by atoms with Crippen LogP contribution in [0.1, 0.15) is 58.9 Å². The van der Waals surface area contributed by atoms with E-state index in [9.17, 15) is 0 Å². The summed E-state index contributed by atoms with van der Waals surface area (Å²) in [7, 11) is 0. The molecule has 1 heterocycles. The number of hydrogen-bond donors (Lipinski definition) is 0. The van der Waals surface area contributed by atoms with E-state index in [1.807, 2.05) is 6.07 Å². The summed E-state index contributed by atoms with van der Waals surface area (Å²) in [4.78, 5) is 0.